The van der Waals surface area contributed by atoms with E-state index >= 15 is 0 Å². The molecule has 0 bridgehead atoms. The van der Waals surface area contributed by atoms with Crippen LogP contribution in [0.2, 0.25) is 0 Å². The Morgan fingerprint density at radius 2 is 2.16 bits per heavy atom. The molecule has 1 aromatic rings. The van der Waals surface area contributed by atoms with Crippen molar-refractivity contribution in [3.05, 3.63) is 30.1 Å². The largest absolute Gasteiger partial charge is 0.326 e. The van der Waals surface area contributed by atoms with Crippen molar-refractivity contribution in [2.75, 3.05) is 25.0 Å². The zero-order valence-electron chi connectivity index (χ0n) is 11.4. The number of rotatable bonds is 4. The van der Waals surface area contributed by atoms with Crippen LogP contribution < -0.4 is 5.32 Å². The summed E-state index contributed by atoms with van der Waals surface area (Å²) in [5.74, 6) is 0.430. The van der Waals surface area contributed by atoms with Gasteiger partial charge in [0.2, 0.25) is 5.91 Å². The Balaban J connectivity index is 1.73. The van der Waals surface area contributed by atoms with Crippen LogP contribution in [0.1, 0.15) is 26.2 Å². The molecule has 1 saturated heterocycles. The van der Waals surface area contributed by atoms with Crippen molar-refractivity contribution in [2.45, 2.75) is 26.2 Å². The number of hydrogen-bond donors (Lipinski definition) is 1. The molecule has 0 aromatic heterocycles. The minimum Gasteiger partial charge on any atom is -0.326 e. The molecule has 4 heteroatoms. The van der Waals surface area contributed by atoms with E-state index in [-0.39, 0.29) is 11.7 Å². The fraction of sp³-hybridized carbons (Fsp3) is 0.533. The number of hydrogen-bond acceptors (Lipinski definition) is 2. The summed E-state index contributed by atoms with van der Waals surface area (Å²) >= 11 is 0. The molecule has 0 unspecified atom stereocenters. The molecule has 0 spiro atoms. The smallest absolute Gasteiger partial charge is 0.225 e. The lowest BCUT2D eigenvalue weighted by Crippen LogP contribution is -2.36. The number of carbonyl (C=O) groups excluding carboxylic acids is 1. The monoisotopic (exact) mass is 264 g/mol. The summed E-state index contributed by atoms with van der Waals surface area (Å²) < 4.78 is 12.7. The molecule has 1 aliphatic heterocycles. The van der Waals surface area contributed by atoms with Crippen molar-refractivity contribution in [3.8, 4) is 0 Å². The molecule has 1 atom stereocenters. The Kier molecular flexibility index (Phi) is 4.91. The summed E-state index contributed by atoms with van der Waals surface area (Å²) in [4.78, 5) is 14.1. The van der Waals surface area contributed by atoms with Crippen molar-refractivity contribution in [3.63, 3.8) is 0 Å². The van der Waals surface area contributed by atoms with Gasteiger partial charge in [-0.25, -0.2) is 4.39 Å². The topological polar surface area (TPSA) is 32.3 Å². The highest BCUT2D eigenvalue weighted by atomic mass is 19.1. The van der Waals surface area contributed by atoms with Crippen molar-refractivity contribution < 1.29 is 9.18 Å². The van der Waals surface area contributed by atoms with Gasteiger partial charge in [-0.3, -0.25) is 4.79 Å². The molecule has 0 radical (unpaired) electrons. The van der Waals surface area contributed by atoms with Crippen LogP contribution in [-0.2, 0) is 4.79 Å². The van der Waals surface area contributed by atoms with Crippen LogP contribution in [0, 0.1) is 11.7 Å². The average Bonchev–Trinajstić information content (AvgIpc) is 2.39. The third kappa shape index (κ3) is 4.63. The van der Waals surface area contributed by atoms with Gasteiger partial charge >= 0.3 is 0 Å². The molecule has 1 heterocycles. The number of piperidine rings is 1. The SMILES string of the molecule is C[C@@H]1CCCN(CCC(=O)Nc2ccc(F)cc2)C1. The number of anilines is 1. The zero-order chi connectivity index (χ0) is 13.7. The first-order valence-electron chi connectivity index (χ1n) is 6.91. The first kappa shape index (κ1) is 14.0. The predicted octanol–water partition coefficient (Wildman–Crippen LogP) is 2.89. The molecule has 1 aromatic carbocycles. The van der Waals surface area contributed by atoms with Gasteiger partial charge in [0.25, 0.3) is 0 Å². The van der Waals surface area contributed by atoms with Gasteiger partial charge in [0.05, 0.1) is 0 Å². The number of nitrogens with zero attached hydrogens (tertiary/aromatic N) is 1. The molecule has 1 fully saturated rings. The Hall–Kier alpha value is -1.42. The molecule has 19 heavy (non-hydrogen) atoms. The van der Waals surface area contributed by atoms with Crippen LogP contribution in [0.3, 0.4) is 0 Å². The second-order valence-electron chi connectivity index (χ2n) is 5.35. The number of amides is 1. The standard InChI is InChI=1S/C15H21FN2O/c1-12-3-2-9-18(11-12)10-8-15(19)17-14-6-4-13(16)5-7-14/h4-7,12H,2-3,8-11H2,1H3,(H,17,19)/t12-/m1/s1. The second kappa shape index (κ2) is 6.66. The van der Waals surface area contributed by atoms with Crippen LogP contribution in [0.15, 0.2) is 24.3 Å². The lowest BCUT2D eigenvalue weighted by atomic mass is 10.0. The van der Waals surface area contributed by atoms with E-state index in [1.807, 2.05) is 0 Å². The van der Waals surface area contributed by atoms with Crippen LogP contribution in [0.4, 0.5) is 10.1 Å². The van der Waals surface area contributed by atoms with Crippen LogP contribution in [0.5, 0.6) is 0 Å². The number of carbonyl (C=O) groups is 1. The molecular weight excluding hydrogens is 243 g/mol. The Labute approximate surface area is 113 Å². The van der Waals surface area contributed by atoms with E-state index in [1.54, 1.807) is 12.1 Å². The molecular formula is C15H21FN2O. The minimum absolute atomic E-state index is 0.00941. The van der Waals surface area contributed by atoms with Crippen LogP contribution in [-0.4, -0.2) is 30.4 Å². The van der Waals surface area contributed by atoms with Gasteiger partial charge in [-0.15, -0.1) is 0 Å². The Morgan fingerprint density at radius 3 is 2.84 bits per heavy atom. The highest BCUT2D eigenvalue weighted by molar-refractivity contribution is 5.90. The van der Waals surface area contributed by atoms with Gasteiger partial charge in [0, 0.05) is 25.2 Å². The zero-order valence-corrected chi connectivity index (χ0v) is 11.4. The Morgan fingerprint density at radius 1 is 1.42 bits per heavy atom. The van der Waals surface area contributed by atoms with Gasteiger partial charge in [-0.2, -0.15) is 0 Å². The molecule has 1 amide bonds. The Bertz CT molecular complexity index is 419. The summed E-state index contributed by atoms with van der Waals surface area (Å²) in [5, 5.41) is 2.79. The van der Waals surface area contributed by atoms with Gasteiger partial charge in [0.1, 0.15) is 5.82 Å². The van der Waals surface area contributed by atoms with Gasteiger partial charge in [-0.1, -0.05) is 6.92 Å². The summed E-state index contributed by atoms with van der Waals surface area (Å²) in [5.41, 5.74) is 0.651. The fourth-order valence-electron chi connectivity index (χ4n) is 2.51. The van der Waals surface area contributed by atoms with E-state index in [0.29, 0.717) is 12.1 Å². The second-order valence-corrected chi connectivity index (χ2v) is 5.35. The first-order chi connectivity index (χ1) is 9.13. The maximum Gasteiger partial charge on any atom is 0.225 e. The molecule has 0 saturated carbocycles. The van der Waals surface area contributed by atoms with Crippen molar-refractivity contribution in [2.24, 2.45) is 5.92 Å². The van der Waals surface area contributed by atoms with Crippen molar-refractivity contribution >= 4 is 11.6 Å². The highest BCUT2D eigenvalue weighted by Gasteiger charge is 2.16. The quantitative estimate of drug-likeness (QED) is 0.907. The van der Waals surface area contributed by atoms with E-state index in [2.05, 4.69) is 17.1 Å². The van der Waals surface area contributed by atoms with Gasteiger partial charge in [0.15, 0.2) is 0 Å². The summed E-state index contributed by atoms with van der Waals surface area (Å²) in [6.45, 7) is 5.24. The number of nitrogens with one attached hydrogen (secondary N) is 1. The normalized spacial score (nSPS) is 20.2. The van der Waals surface area contributed by atoms with Crippen LogP contribution in [0.25, 0.3) is 0 Å². The van der Waals surface area contributed by atoms with Crippen molar-refractivity contribution in [1.29, 1.82) is 0 Å². The minimum atomic E-state index is -0.291. The number of halogens is 1. The lowest BCUT2D eigenvalue weighted by Gasteiger charge is -2.30. The third-order valence-corrected chi connectivity index (χ3v) is 3.52. The third-order valence-electron chi connectivity index (χ3n) is 3.52. The van der Waals surface area contributed by atoms with Crippen LogP contribution >= 0.6 is 0 Å². The first-order valence-corrected chi connectivity index (χ1v) is 6.91. The molecule has 104 valence electrons. The van der Waals surface area contributed by atoms with E-state index in [9.17, 15) is 9.18 Å². The predicted molar refractivity (Wildman–Crippen MR) is 74.5 cm³/mol. The average molecular weight is 264 g/mol. The van der Waals surface area contributed by atoms with Gasteiger partial charge in [-0.05, 0) is 49.6 Å². The molecule has 3 nitrogen and oxygen atoms in total. The van der Waals surface area contributed by atoms with E-state index in [0.717, 1.165) is 25.6 Å². The van der Waals surface area contributed by atoms with E-state index < -0.39 is 0 Å². The molecule has 1 aliphatic rings. The van der Waals surface area contributed by atoms with E-state index in [4.69, 9.17) is 0 Å². The maximum absolute atomic E-state index is 12.7. The summed E-state index contributed by atoms with van der Waals surface area (Å²) in [6, 6.07) is 5.86. The molecule has 1 N–H and O–H groups in total. The summed E-state index contributed by atoms with van der Waals surface area (Å²) in [6.07, 6.45) is 3.00. The molecule has 2 rings (SSSR count). The molecule has 0 aliphatic carbocycles. The number of benzene rings is 1. The summed E-state index contributed by atoms with van der Waals surface area (Å²) in [7, 11) is 0. The van der Waals surface area contributed by atoms with E-state index in [1.165, 1.54) is 25.0 Å². The number of likely N-dealkylation sites (tertiary alicyclic amines) is 1. The van der Waals surface area contributed by atoms with Gasteiger partial charge < -0.3 is 10.2 Å². The lowest BCUT2D eigenvalue weighted by molar-refractivity contribution is -0.116. The maximum atomic E-state index is 12.7. The highest BCUT2D eigenvalue weighted by Crippen LogP contribution is 2.15. The fourth-order valence-corrected chi connectivity index (χ4v) is 2.51. The van der Waals surface area contributed by atoms with Crippen molar-refractivity contribution in [1.82, 2.24) is 4.90 Å².